The zero-order chi connectivity index (χ0) is 12.4. The Morgan fingerprint density at radius 1 is 1.39 bits per heavy atom. The van der Waals surface area contributed by atoms with Crippen LogP contribution in [0.5, 0.6) is 0 Å². The minimum Gasteiger partial charge on any atom is -0.312 e. The molecule has 0 aromatic carbocycles. The van der Waals surface area contributed by atoms with E-state index in [1.165, 1.54) is 38.8 Å². The third-order valence-corrected chi connectivity index (χ3v) is 4.21. The van der Waals surface area contributed by atoms with Crippen molar-refractivity contribution >= 4 is 11.6 Å². The van der Waals surface area contributed by atoms with Crippen LogP contribution in [0.1, 0.15) is 31.4 Å². The summed E-state index contributed by atoms with van der Waals surface area (Å²) >= 11 is 5.84. The van der Waals surface area contributed by atoms with Gasteiger partial charge in [-0.05, 0) is 56.4 Å². The number of hydrogen-bond donors (Lipinski definition) is 1. The molecule has 0 amide bonds. The molecule has 2 atom stereocenters. The van der Waals surface area contributed by atoms with E-state index in [4.69, 9.17) is 11.6 Å². The molecule has 2 aliphatic heterocycles. The van der Waals surface area contributed by atoms with Crippen LogP contribution in [0, 0.1) is 0 Å². The molecular formula is C13H19ClN4. The summed E-state index contributed by atoms with van der Waals surface area (Å²) in [5, 5.41) is 3.97. The van der Waals surface area contributed by atoms with Crippen molar-refractivity contribution in [3.63, 3.8) is 0 Å². The molecule has 1 N–H and O–H groups in total. The van der Waals surface area contributed by atoms with E-state index in [2.05, 4.69) is 20.2 Å². The predicted molar refractivity (Wildman–Crippen MR) is 71.5 cm³/mol. The number of nitrogens with zero attached hydrogens (tertiary/aromatic N) is 3. The van der Waals surface area contributed by atoms with Gasteiger partial charge >= 0.3 is 0 Å². The van der Waals surface area contributed by atoms with Gasteiger partial charge in [-0.3, -0.25) is 4.90 Å². The second kappa shape index (κ2) is 5.51. The van der Waals surface area contributed by atoms with Crippen LogP contribution in [0.3, 0.4) is 0 Å². The highest BCUT2D eigenvalue weighted by atomic mass is 35.5. The lowest BCUT2D eigenvalue weighted by molar-refractivity contribution is 0.204. The van der Waals surface area contributed by atoms with Crippen LogP contribution in [-0.2, 0) is 6.54 Å². The summed E-state index contributed by atoms with van der Waals surface area (Å²) in [6.07, 6.45) is 6.96. The molecule has 2 fully saturated rings. The zero-order valence-corrected chi connectivity index (χ0v) is 11.2. The molecule has 0 saturated carbocycles. The van der Waals surface area contributed by atoms with Crippen LogP contribution < -0.4 is 5.32 Å². The predicted octanol–water partition coefficient (Wildman–Crippen LogP) is 1.85. The number of aromatic nitrogens is 2. The van der Waals surface area contributed by atoms with E-state index in [9.17, 15) is 0 Å². The molecule has 18 heavy (non-hydrogen) atoms. The maximum absolute atomic E-state index is 5.84. The van der Waals surface area contributed by atoms with Gasteiger partial charge < -0.3 is 5.32 Å². The Bertz CT molecular complexity index is 406. The third kappa shape index (κ3) is 2.66. The van der Waals surface area contributed by atoms with Crippen LogP contribution in [0.25, 0.3) is 0 Å². The monoisotopic (exact) mass is 266 g/mol. The fourth-order valence-corrected chi connectivity index (χ4v) is 3.37. The summed E-state index contributed by atoms with van der Waals surface area (Å²) in [5.74, 6) is 0. The van der Waals surface area contributed by atoms with E-state index in [0.717, 1.165) is 12.2 Å². The topological polar surface area (TPSA) is 41.1 Å². The largest absolute Gasteiger partial charge is 0.312 e. The van der Waals surface area contributed by atoms with Gasteiger partial charge in [-0.15, -0.1) is 0 Å². The van der Waals surface area contributed by atoms with E-state index < -0.39 is 0 Å². The average Bonchev–Trinajstić information content (AvgIpc) is 2.98. The Labute approximate surface area is 113 Å². The molecule has 0 spiro atoms. The smallest absolute Gasteiger partial charge is 0.222 e. The van der Waals surface area contributed by atoms with E-state index in [0.29, 0.717) is 17.4 Å². The SMILES string of the molecule is Clc1nccc(CN2CCCC2C2CCCN2)n1. The van der Waals surface area contributed by atoms with E-state index in [1.807, 2.05) is 6.07 Å². The van der Waals surface area contributed by atoms with Crippen LogP contribution in [-0.4, -0.2) is 40.0 Å². The first-order valence-electron chi connectivity index (χ1n) is 6.78. The molecule has 0 aliphatic carbocycles. The van der Waals surface area contributed by atoms with Gasteiger partial charge in [-0.25, -0.2) is 9.97 Å². The molecule has 0 bridgehead atoms. The van der Waals surface area contributed by atoms with Crippen LogP contribution >= 0.6 is 11.6 Å². The van der Waals surface area contributed by atoms with Crippen molar-refractivity contribution in [3.8, 4) is 0 Å². The number of hydrogen-bond acceptors (Lipinski definition) is 4. The van der Waals surface area contributed by atoms with Gasteiger partial charge in [0, 0.05) is 24.8 Å². The van der Waals surface area contributed by atoms with Crippen molar-refractivity contribution in [2.45, 2.75) is 44.3 Å². The van der Waals surface area contributed by atoms with E-state index in [1.54, 1.807) is 6.20 Å². The maximum Gasteiger partial charge on any atom is 0.222 e. The van der Waals surface area contributed by atoms with Crippen molar-refractivity contribution in [3.05, 3.63) is 23.2 Å². The van der Waals surface area contributed by atoms with Gasteiger partial charge in [0.1, 0.15) is 0 Å². The Kier molecular flexibility index (Phi) is 3.77. The summed E-state index contributed by atoms with van der Waals surface area (Å²) in [7, 11) is 0. The fraction of sp³-hybridized carbons (Fsp3) is 0.692. The van der Waals surface area contributed by atoms with Crippen molar-refractivity contribution in [1.29, 1.82) is 0 Å². The Balaban J connectivity index is 1.67. The van der Waals surface area contributed by atoms with Gasteiger partial charge in [-0.1, -0.05) is 0 Å². The maximum atomic E-state index is 5.84. The Hall–Kier alpha value is -0.710. The summed E-state index contributed by atoms with van der Waals surface area (Å²) in [5.41, 5.74) is 1.03. The van der Waals surface area contributed by atoms with Gasteiger partial charge in [-0.2, -0.15) is 0 Å². The minimum atomic E-state index is 0.349. The number of rotatable bonds is 3. The third-order valence-electron chi connectivity index (χ3n) is 4.03. The Morgan fingerprint density at radius 2 is 2.33 bits per heavy atom. The lowest BCUT2D eigenvalue weighted by Gasteiger charge is -2.29. The standard InChI is InChI=1S/C13H19ClN4/c14-13-16-7-5-10(17-13)9-18-8-2-4-12(18)11-3-1-6-15-11/h5,7,11-12,15H,1-4,6,8-9H2. The lowest BCUT2D eigenvalue weighted by Crippen LogP contribution is -2.43. The van der Waals surface area contributed by atoms with Gasteiger partial charge in [0.25, 0.3) is 0 Å². The zero-order valence-electron chi connectivity index (χ0n) is 10.5. The normalized spacial score (nSPS) is 28.9. The summed E-state index contributed by atoms with van der Waals surface area (Å²) in [6, 6.07) is 3.30. The highest BCUT2D eigenvalue weighted by molar-refractivity contribution is 6.28. The fourth-order valence-electron chi connectivity index (χ4n) is 3.21. The first-order chi connectivity index (χ1) is 8.83. The van der Waals surface area contributed by atoms with E-state index in [-0.39, 0.29) is 0 Å². The van der Waals surface area contributed by atoms with E-state index >= 15 is 0 Å². The summed E-state index contributed by atoms with van der Waals surface area (Å²) in [4.78, 5) is 10.8. The highest BCUT2D eigenvalue weighted by Gasteiger charge is 2.33. The first kappa shape index (κ1) is 12.3. The lowest BCUT2D eigenvalue weighted by atomic mass is 10.0. The molecular weight excluding hydrogens is 248 g/mol. The molecule has 2 saturated heterocycles. The second-order valence-electron chi connectivity index (χ2n) is 5.20. The summed E-state index contributed by atoms with van der Waals surface area (Å²) < 4.78 is 0. The molecule has 5 heteroatoms. The highest BCUT2D eigenvalue weighted by Crippen LogP contribution is 2.26. The number of halogens is 1. The van der Waals surface area contributed by atoms with Gasteiger partial charge in [0.15, 0.2) is 0 Å². The molecule has 3 rings (SSSR count). The van der Waals surface area contributed by atoms with Crippen LogP contribution in [0.2, 0.25) is 5.28 Å². The van der Waals surface area contributed by atoms with Crippen molar-refractivity contribution in [1.82, 2.24) is 20.2 Å². The minimum absolute atomic E-state index is 0.349. The van der Waals surface area contributed by atoms with Crippen LogP contribution in [0.4, 0.5) is 0 Å². The molecule has 3 heterocycles. The van der Waals surface area contributed by atoms with Crippen LogP contribution in [0.15, 0.2) is 12.3 Å². The average molecular weight is 267 g/mol. The number of likely N-dealkylation sites (tertiary alicyclic amines) is 1. The summed E-state index contributed by atoms with van der Waals surface area (Å²) in [6.45, 7) is 3.24. The second-order valence-corrected chi connectivity index (χ2v) is 5.54. The molecule has 1 aromatic rings. The first-order valence-corrected chi connectivity index (χ1v) is 7.15. The molecule has 1 aromatic heterocycles. The van der Waals surface area contributed by atoms with Crippen molar-refractivity contribution in [2.75, 3.05) is 13.1 Å². The molecule has 2 aliphatic rings. The van der Waals surface area contributed by atoms with Gasteiger partial charge in [0.05, 0.1) is 5.69 Å². The van der Waals surface area contributed by atoms with Gasteiger partial charge in [0.2, 0.25) is 5.28 Å². The van der Waals surface area contributed by atoms with Crippen molar-refractivity contribution < 1.29 is 0 Å². The quantitative estimate of drug-likeness (QED) is 0.848. The molecule has 0 radical (unpaired) electrons. The molecule has 2 unspecified atom stereocenters. The molecule has 4 nitrogen and oxygen atoms in total. The molecule has 98 valence electrons. The number of nitrogens with one attached hydrogen (secondary N) is 1. The Morgan fingerprint density at radius 3 is 3.11 bits per heavy atom. The van der Waals surface area contributed by atoms with Crippen molar-refractivity contribution in [2.24, 2.45) is 0 Å².